The lowest BCUT2D eigenvalue weighted by atomic mass is 10.3. The molecular formula is C17H17FN6O3. The molecule has 0 unspecified atom stereocenters. The second-order valence-corrected chi connectivity index (χ2v) is 5.57. The molecule has 1 N–H and O–H groups in total. The average Bonchev–Trinajstić information content (AvgIpc) is 3.19. The molecule has 3 aromatic rings. The Bertz CT molecular complexity index is 973. The third-order valence-corrected chi connectivity index (χ3v) is 3.64. The van der Waals surface area contributed by atoms with E-state index in [0.717, 1.165) is 0 Å². The Morgan fingerprint density at radius 1 is 1.30 bits per heavy atom. The van der Waals surface area contributed by atoms with Crippen LogP contribution >= 0.6 is 0 Å². The van der Waals surface area contributed by atoms with Crippen LogP contribution in [0, 0.1) is 5.82 Å². The van der Waals surface area contributed by atoms with Crippen molar-refractivity contribution >= 4 is 5.91 Å². The van der Waals surface area contributed by atoms with Gasteiger partial charge in [0.1, 0.15) is 12.7 Å². The summed E-state index contributed by atoms with van der Waals surface area (Å²) in [6, 6.07) is 8.72. The molecule has 0 aliphatic carbocycles. The van der Waals surface area contributed by atoms with E-state index in [1.54, 1.807) is 6.07 Å². The summed E-state index contributed by atoms with van der Waals surface area (Å²) in [6.45, 7) is 1.81. The minimum absolute atomic E-state index is 0.00132. The summed E-state index contributed by atoms with van der Waals surface area (Å²) in [5, 5.41) is 10.7. The Hall–Kier alpha value is -3.56. The molecule has 2 aromatic heterocycles. The van der Waals surface area contributed by atoms with Crippen LogP contribution in [0.5, 0.6) is 5.75 Å². The van der Waals surface area contributed by atoms with Gasteiger partial charge in [-0.3, -0.25) is 9.59 Å². The van der Waals surface area contributed by atoms with Crippen molar-refractivity contribution in [1.82, 2.24) is 29.9 Å². The lowest BCUT2D eigenvalue weighted by molar-refractivity contribution is -0.127. The van der Waals surface area contributed by atoms with Crippen LogP contribution in [0.2, 0.25) is 0 Å². The van der Waals surface area contributed by atoms with Gasteiger partial charge in [-0.1, -0.05) is 12.1 Å². The van der Waals surface area contributed by atoms with Crippen molar-refractivity contribution < 1.29 is 13.9 Å². The number of aromatic nitrogens is 5. The lowest BCUT2D eigenvalue weighted by Crippen LogP contribution is -2.39. The van der Waals surface area contributed by atoms with Gasteiger partial charge in [0, 0.05) is 12.6 Å². The molecule has 0 radical (unpaired) electrons. The number of para-hydroxylation sites is 1. The van der Waals surface area contributed by atoms with Crippen molar-refractivity contribution in [3.8, 4) is 11.6 Å². The number of hydrogen-bond donors (Lipinski definition) is 1. The van der Waals surface area contributed by atoms with Crippen LogP contribution in [0.15, 0.2) is 53.8 Å². The second-order valence-electron chi connectivity index (χ2n) is 5.57. The quantitative estimate of drug-likeness (QED) is 0.649. The Morgan fingerprint density at radius 2 is 2.11 bits per heavy atom. The van der Waals surface area contributed by atoms with Crippen molar-refractivity contribution in [3.05, 3.63) is 65.2 Å². The highest BCUT2D eigenvalue weighted by atomic mass is 19.1. The van der Waals surface area contributed by atoms with E-state index in [4.69, 9.17) is 4.74 Å². The third-order valence-electron chi connectivity index (χ3n) is 3.64. The van der Waals surface area contributed by atoms with E-state index >= 15 is 0 Å². The fraction of sp³-hybridized carbons (Fsp3) is 0.235. The molecule has 0 saturated heterocycles. The Kier molecular flexibility index (Phi) is 5.55. The fourth-order valence-electron chi connectivity index (χ4n) is 2.26. The highest BCUT2D eigenvalue weighted by Gasteiger charge is 2.16. The van der Waals surface area contributed by atoms with Crippen molar-refractivity contribution in [2.75, 3.05) is 6.54 Å². The number of amides is 1. The van der Waals surface area contributed by atoms with E-state index in [1.807, 2.05) is 0 Å². The molecule has 0 aliphatic rings. The molecule has 1 aromatic carbocycles. The first kappa shape index (κ1) is 18.2. The molecule has 140 valence electrons. The van der Waals surface area contributed by atoms with E-state index in [1.165, 1.54) is 59.3 Å². The van der Waals surface area contributed by atoms with Crippen LogP contribution in [0.4, 0.5) is 4.39 Å². The number of nitrogens with one attached hydrogen (secondary N) is 1. The van der Waals surface area contributed by atoms with Gasteiger partial charge in [-0.25, -0.2) is 18.7 Å². The predicted molar refractivity (Wildman–Crippen MR) is 92.9 cm³/mol. The molecular weight excluding hydrogens is 355 g/mol. The van der Waals surface area contributed by atoms with Gasteiger partial charge in [-0.15, -0.1) is 5.10 Å². The Balaban J connectivity index is 1.56. The zero-order valence-electron chi connectivity index (χ0n) is 14.4. The van der Waals surface area contributed by atoms with Crippen LogP contribution in [-0.4, -0.2) is 43.1 Å². The van der Waals surface area contributed by atoms with Gasteiger partial charge >= 0.3 is 0 Å². The zero-order valence-corrected chi connectivity index (χ0v) is 14.4. The van der Waals surface area contributed by atoms with Gasteiger partial charge in [-0.05, 0) is 25.1 Å². The second kappa shape index (κ2) is 8.21. The molecule has 27 heavy (non-hydrogen) atoms. The van der Waals surface area contributed by atoms with Crippen molar-refractivity contribution in [1.29, 1.82) is 0 Å². The topological polar surface area (TPSA) is 104 Å². The summed E-state index contributed by atoms with van der Waals surface area (Å²) in [5.41, 5.74) is -0.316. The molecule has 1 atom stereocenters. The van der Waals surface area contributed by atoms with Crippen LogP contribution in [-0.2, 0) is 11.3 Å². The third kappa shape index (κ3) is 4.54. The molecule has 0 bridgehead atoms. The van der Waals surface area contributed by atoms with Gasteiger partial charge in [-0.2, -0.15) is 5.10 Å². The van der Waals surface area contributed by atoms with Crippen LogP contribution in [0.25, 0.3) is 5.82 Å². The van der Waals surface area contributed by atoms with Crippen LogP contribution in [0.3, 0.4) is 0 Å². The maximum Gasteiger partial charge on any atom is 0.266 e. The summed E-state index contributed by atoms with van der Waals surface area (Å²) in [6.07, 6.45) is 1.92. The SMILES string of the molecule is C[C@H](Oc1ccccc1F)C(=O)NCCn1nc(-n2cncn2)ccc1=O. The van der Waals surface area contributed by atoms with Gasteiger partial charge in [0.05, 0.1) is 6.54 Å². The molecule has 0 spiro atoms. The van der Waals surface area contributed by atoms with Gasteiger partial charge in [0.15, 0.2) is 23.5 Å². The summed E-state index contributed by atoms with van der Waals surface area (Å²) >= 11 is 0. The highest BCUT2D eigenvalue weighted by Crippen LogP contribution is 2.16. The van der Waals surface area contributed by atoms with Gasteiger partial charge in [0.2, 0.25) is 0 Å². The minimum atomic E-state index is -0.895. The molecule has 3 rings (SSSR count). The van der Waals surface area contributed by atoms with Crippen molar-refractivity contribution in [2.45, 2.75) is 19.6 Å². The number of ether oxygens (including phenoxy) is 1. The maximum absolute atomic E-state index is 13.6. The zero-order chi connectivity index (χ0) is 19.2. The first-order chi connectivity index (χ1) is 13.0. The molecule has 0 aliphatic heterocycles. The first-order valence-electron chi connectivity index (χ1n) is 8.16. The molecule has 0 fully saturated rings. The number of carbonyl (C=O) groups excluding carboxylic acids is 1. The van der Waals surface area contributed by atoms with E-state index in [9.17, 15) is 14.0 Å². The smallest absolute Gasteiger partial charge is 0.266 e. The standard InChI is InChI=1S/C17H17FN6O3/c1-12(27-14-5-3-2-4-13(14)18)17(26)20-8-9-23-16(25)7-6-15(22-23)24-11-19-10-21-24/h2-7,10-12H,8-9H2,1H3,(H,20,26)/t12-/m0/s1. The molecule has 1 amide bonds. The molecule has 9 nitrogen and oxygen atoms in total. The molecule has 2 heterocycles. The maximum atomic E-state index is 13.6. The first-order valence-corrected chi connectivity index (χ1v) is 8.16. The van der Waals surface area contributed by atoms with Gasteiger partial charge in [0.25, 0.3) is 11.5 Å². The summed E-state index contributed by atoms with van der Waals surface area (Å²) in [7, 11) is 0. The van der Waals surface area contributed by atoms with E-state index in [0.29, 0.717) is 5.82 Å². The van der Waals surface area contributed by atoms with Crippen LogP contribution < -0.4 is 15.6 Å². The van der Waals surface area contributed by atoms with Gasteiger partial charge < -0.3 is 10.1 Å². The fourth-order valence-corrected chi connectivity index (χ4v) is 2.26. The number of benzene rings is 1. The molecule has 10 heteroatoms. The van der Waals surface area contributed by atoms with Crippen LogP contribution in [0.1, 0.15) is 6.92 Å². The predicted octanol–water partition coefficient (Wildman–Crippen LogP) is 0.547. The van der Waals surface area contributed by atoms with Crippen molar-refractivity contribution in [3.63, 3.8) is 0 Å². The van der Waals surface area contributed by atoms with Crippen molar-refractivity contribution in [2.24, 2.45) is 0 Å². The lowest BCUT2D eigenvalue weighted by Gasteiger charge is -2.15. The number of rotatable bonds is 7. The number of carbonyl (C=O) groups is 1. The van der Waals surface area contributed by atoms with E-state index in [2.05, 4.69) is 20.5 Å². The van der Waals surface area contributed by atoms with E-state index < -0.39 is 17.8 Å². The molecule has 0 saturated carbocycles. The highest BCUT2D eigenvalue weighted by molar-refractivity contribution is 5.80. The average molecular weight is 372 g/mol. The Morgan fingerprint density at radius 3 is 2.85 bits per heavy atom. The Labute approximate surface area is 153 Å². The largest absolute Gasteiger partial charge is 0.478 e. The minimum Gasteiger partial charge on any atom is -0.478 e. The summed E-state index contributed by atoms with van der Waals surface area (Å²) in [4.78, 5) is 27.8. The monoisotopic (exact) mass is 372 g/mol. The van der Waals surface area contributed by atoms with E-state index in [-0.39, 0.29) is 24.4 Å². The number of halogens is 1. The summed E-state index contributed by atoms with van der Waals surface area (Å²) < 4.78 is 21.5. The summed E-state index contributed by atoms with van der Waals surface area (Å²) in [5.74, 6) is -0.551. The number of nitrogens with zero attached hydrogens (tertiary/aromatic N) is 5. The normalized spacial score (nSPS) is 11.8. The number of hydrogen-bond acceptors (Lipinski definition) is 6.